The minimum atomic E-state index is -3.86. The van der Waals surface area contributed by atoms with E-state index in [-0.39, 0.29) is 11.2 Å². The maximum Gasteiger partial charge on any atom is 0.273 e. The van der Waals surface area contributed by atoms with Crippen molar-refractivity contribution >= 4 is 10.0 Å². The van der Waals surface area contributed by atoms with Crippen LogP contribution in [-0.4, -0.2) is 23.2 Å². The van der Waals surface area contributed by atoms with Crippen molar-refractivity contribution in [2.24, 2.45) is 5.14 Å². The Hall–Kier alpha value is -1.73. The minimum Gasteiger partial charge on any atom is -0.294 e. The van der Waals surface area contributed by atoms with Crippen molar-refractivity contribution in [3.05, 3.63) is 29.3 Å². The van der Waals surface area contributed by atoms with Crippen LogP contribution in [0.5, 0.6) is 0 Å². The highest BCUT2D eigenvalue weighted by Gasteiger charge is 2.33. The number of benzene rings is 1. The number of aryl methyl sites for hydroxylation is 2. The molecular weight excluding hydrogens is 276 g/mol. The van der Waals surface area contributed by atoms with Crippen LogP contribution in [0.15, 0.2) is 23.4 Å². The molecule has 2 aromatic rings. The summed E-state index contributed by atoms with van der Waals surface area (Å²) >= 11 is 0. The lowest BCUT2D eigenvalue weighted by molar-refractivity contribution is 0.567. The van der Waals surface area contributed by atoms with Gasteiger partial charge < -0.3 is 0 Å². The van der Waals surface area contributed by atoms with E-state index in [4.69, 9.17) is 5.14 Å². The number of aromatic nitrogens is 3. The van der Waals surface area contributed by atoms with Crippen LogP contribution in [0.3, 0.4) is 0 Å². The number of hydrogen-bond acceptors (Lipinski definition) is 4. The maximum atomic E-state index is 11.6. The van der Waals surface area contributed by atoms with E-state index in [1.165, 1.54) is 0 Å². The van der Waals surface area contributed by atoms with E-state index in [0.717, 1.165) is 29.5 Å². The Balaban J connectivity index is 2.25. The van der Waals surface area contributed by atoms with Crippen molar-refractivity contribution in [1.29, 1.82) is 0 Å². The first-order valence-electron chi connectivity index (χ1n) is 6.43. The number of hydrogen-bond donors (Lipinski definition) is 1. The van der Waals surface area contributed by atoms with Crippen LogP contribution >= 0.6 is 0 Å². The summed E-state index contributed by atoms with van der Waals surface area (Å²) in [5.74, 6) is 0.581. The second-order valence-corrected chi connectivity index (χ2v) is 6.73. The molecule has 7 heteroatoms. The maximum absolute atomic E-state index is 11.6. The number of nitrogens with two attached hydrogens (primary N) is 1. The lowest BCUT2D eigenvalue weighted by Gasteiger charge is -2.10. The zero-order chi connectivity index (χ0) is 14.5. The van der Waals surface area contributed by atoms with Crippen LogP contribution in [0.1, 0.15) is 30.0 Å². The standard InChI is InChI=1S/C13H16N4O2S/c1-8-3-4-9(2)11(7-8)12-15-16-13(20(14,18)19)17(12)10-5-6-10/h3-4,7,10H,5-6H2,1-2H3,(H2,14,18,19). The van der Waals surface area contributed by atoms with Gasteiger partial charge in [-0.2, -0.15) is 0 Å². The fourth-order valence-corrected chi connectivity index (χ4v) is 2.96. The zero-order valence-corrected chi connectivity index (χ0v) is 12.2. The summed E-state index contributed by atoms with van der Waals surface area (Å²) in [6, 6.07) is 6.13. The quantitative estimate of drug-likeness (QED) is 0.929. The third kappa shape index (κ3) is 2.23. The summed E-state index contributed by atoms with van der Waals surface area (Å²) in [7, 11) is -3.86. The Kier molecular flexibility index (Phi) is 2.91. The van der Waals surface area contributed by atoms with Crippen LogP contribution < -0.4 is 5.14 Å². The van der Waals surface area contributed by atoms with E-state index in [2.05, 4.69) is 10.2 Å². The van der Waals surface area contributed by atoms with Crippen molar-refractivity contribution < 1.29 is 8.42 Å². The van der Waals surface area contributed by atoms with Gasteiger partial charge in [-0.05, 0) is 38.3 Å². The second-order valence-electron chi connectivity index (χ2n) is 5.27. The third-order valence-electron chi connectivity index (χ3n) is 3.47. The van der Waals surface area contributed by atoms with Crippen LogP contribution in [0.4, 0.5) is 0 Å². The first kappa shape index (κ1) is 13.3. The molecule has 1 heterocycles. The van der Waals surface area contributed by atoms with Gasteiger partial charge in [0.25, 0.3) is 15.2 Å². The molecule has 3 rings (SSSR count). The highest BCUT2D eigenvalue weighted by molar-refractivity contribution is 7.89. The average Bonchev–Trinajstić information content (AvgIpc) is 3.09. The lowest BCUT2D eigenvalue weighted by atomic mass is 10.1. The van der Waals surface area contributed by atoms with Crippen LogP contribution in [-0.2, 0) is 10.0 Å². The van der Waals surface area contributed by atoms with E-state index in [1.54, 1.807) is 4.57 Å². The molecule has 20 heavy (non-hydrogen) atoms. The zero-order valence-electron chi connectivity index (χ0n) is 11.4. The molecule has 0 aliphatic heterocycles. The van der Waals surface area contributed by atoms with Crippen LogP contribution in [0.25, 0.3) is 11.4 Å². The molecule has 106 valence electrons. The van der Waals surface area contributed by atoms with Gasteiger partial charge >= 0.3 is 0 Å². The van der Waals surface area contributed by atoms with Crippen LogP contribution in [0.2, 0.25) is 0 Å². The molecule has 1 aliphatic rings. The van der Waals surface area contributed by atoms with E-state index in [9.17, 15) is 8.42 Å². The SMILES string of the molecule is Cc1ccc(C)c(-c2nnc(S(N)(=O)=O)n2C2CC2)c1. The van der Waals surface area contributed by atoms with Gasteiger partial charge in [0, 0.05) is 11.6 Å². The van der Waals surface area contributed by atoms with Gasteiger partial charge in [0.15, 0.2) is 5.82 Å². The van der Waals surface area contributed by atoms with Crippen molar-refractivity contribution in [3.63, 3.8) is 0 Å². The lowest BCUT2D eigenvalue weighted by Crippen LogP contribution is -2.18. The van der Waals surface area contributed by atoms with Gasteiger partial charge in [-0.25, -0.2) is 13.6 Å². The first-order valence-corrected chi connectivity index (χ1v) is 7.98. The molecule has 1 aliphatic carbocycles. The highest BCUT2D eigenvalue weighted by Crippen LogP contribution is 2.40. The number of rotatable bonds is 3. The molecule has 0 bridgehead atoms. The summed E-state index contributed by atoms with van der Waals surface area (Å²) in [6.07, 6.45) is 1.86. The fraction of sp³-hybridized carbons (Fsp3) is 0.385. The van der Waals surface area contributed by atoms with Gasteiger partial charge in [0.05, 0.1) is 0 Å². The number of primary sulfonamides is 1. The summed E-state index contributed by atoms with van der Waals surface area (Å²) in [5, 5.41) is 13.0. The molecule has 1 aromatic heterocycles. The van der Waals surface area contributed by atoms with Gasteiger partial charge in [0.1, 0.15) is 0 Å². The first-order chi connectivity index (χ1) is 9.38. The summed E-state index contributed by atoms with van der Waals surface area (Å²) in [4.78, 5) is 0. The van der Waals surface area contributed by atoms with Gasteiger partial charge in [-0.3, -0.25) is 4.57 Å². The molecule has 6 nitrogen and oxygen atoms in total. The Morgan fingerprint density at radius 1 is 1.25 bits per heavy atom. The molecule has 1 aromatic carbocycles. The normalized spacial score (nSPS) is 15.6. The monoisotopic (exact) mass is 292 g/mol. The predicted octanol–water partition coefficient (Wildman–Crippen LogP) is 1.54. The van der Waals surface area contributed by atoms with E-state index in [1.807, 2.05) is 32.0 Å². The molecule has 0 spiro atoms. The molecule has 1 fully saturated rings. The minimum absolute atomic E-state index is 0.133. The van der Waals surface area contributed by atoms with Gasteiger partial charge in [-0.15, -0.1) is 10.2 Å². The number of sulfonamides is 1. The largest absolute Gasteiger partial charge is 0.294 e. The molecule has 0 unspecified atom stereocenters. The fourth-order valence-electron chi connectivity index (χ4n) is 2.29. The molecule has 2 N–H and O–H groups in total. The van der Waals surface area contributed by atoms with E-state index < -0.39 is 10.0 Å². The van der Waals surface area contributed by atoms with E-state index in [0.29, 0.717) is 5.82 Å². The van der Waals surface area contributed by atoms with Crippen molar-refractivity contribution in [1.82, 2.24) is 14.8 Å². The van der Waals surface area contributed by atoms with Crippen molar-refractivity contribution in [2.45, 2.75) is 37.9 Å². The summed E-state index contributed by atoms with van der Waals surface area (Å²) in [5.41, 5.74) is 3.03. The Labute approximate surface area is 117 Å². The summed E-state index contributed by atoms with van der Waals surface area (Å²) in [6.45, 7) is 3.96. The topological polar surface area (TPSA) is 90.9 Å². The molecule has 0 radical (unpaired) electrons. The Morgan fingerprint density at radius 2 is 1.95 bits per heavy atom. The van der Waals surface area contributed by atoms with Crippen LogP contribution in [0, 0.1) is 13.8 Å². The molecule has 0 saturated heterocycles. The second kappa shape index (κ2) is 4.39. The molecule has 1 saturated carbocycles. The van der Waals surface area contributed by atoms with Crippen molar-refractivity contribution in [3.8, 4) is 11.4 Å². The van der Waals surface area contributed by atoms with E-state index >= 15 is 0 Å². The smallest absolute Gasteiger partial charge is 0.273 e. The van der Waals surface area contributed by atoms with Gasteiger partial charge in [0.2, 0.25) is 0 Å². The Bertz CT molecular complexity index is 776. The molecule has 0 atom stereocenters. The van der Waals surface area contributed by atoms with Gasteiger partial charge in [-0.1, -0.05) is 17.7 Å². The number of nitrogens with zero attached hydrogens (tertiary/aromatic N) is 3. The summed E-state index contributed by atoms with van der Waals surface area (Å²) < 4.78 is 24.9. The predicted molar refractivity (Wildman–Crippen MR) is 74.6 cm³/mol. The molecular formula is C13H16N4O2S. The molecule has 0 amide bonds. The average molecular weight is 292 g/mol. The third-order valence-corrected chi connectivity index (χ3v) is 4.25. The highest BCUT2D eigenvalue weighted by atomic mass is 32.2. The Morgan fingerprint density at radius 3 is 2.55 bits per heavy atom. The van der Waals surface area contributed by atoms with Crippen molar-refractivity contribution in [2.75, 3.05) is 0 Å².